The van der Waals surface area contributed by atoms with Crippen LogP contribution in [0.25, 0.3) is 11.4 Å². The van der Waals surface area contributed by atoms with Crippen LogP contribution in [0.4, 0.5) is 0 Å². The Bertz CT molecular complexity index is 1160. The smallest absolute Gasteiger partial charge is 0.253 e. The van der Waals surface area contributed by atoms with Crippen molar-refractivity contribution in [3.05, 3.63) is 65.8 Å². The first kappa shape index (κ1) is 21.3. The van der Waals surface area contributed by atoms with Gasteiger partial charge in [0.1, 0.15) is 0 Å². The number of piperidine rings is 1. The van der Waals surface area contributed by atoms with Crippen molar-refractivity contribution < 1.29 is 14.1 Å². The predicted molar refractivity (Wildman–Crippen MR) is 119 cm³/mol. The van der Waals surface area contributed by atoms with Crippen molar-refractivity contribution in [1.29, 1.82) is 5.26 Å². The van der Waals surface area contributed by atoms with E-state index in [9.17, 15) is 4.79 Å². The second kappa shape index (κ2) is 9.12. The number of amides is 1. The molecule has 168 valence electrons. The number of rotatable bonds is 4. The van der Waals surface area contributed by atoms with Crippen molar-refractivity contribution in [3.63, 3.8) is 0 Å². The minimum Gasteiger partial charge on any atom is -0.375 e. The summed E-state index contributed by atoms with van der Waals surface area (Å²) in [5, 5.41) is 13.2. The van der Waals surface area contributed by atoms with E-state index in [2.05, 4.69) is 21.2 Å². The zero-order valence-electron chi connectivity index (χ0n) is 18.3. The summed E-state index contributed by atoms with van der Waals surface area (Å²) in [6, 6.07) is 12.7. The lowest BCUT2D eigenvalue weighted by atomic mass is 9.78. The molecule has 8 heteroatoms. The number of likely N-dealkylation sites (tertiary alicyclic amines) is 1. The van der Waals surface area contributed by atoms with E-state index >= 15 is 0 Å². The number of carbonyl (C=O) groups excluding carboxylic acids is 1. The second-order valence-corrected chi connectivity index (χ2v) is 8.83. The highest BCUT2D eigenvalue weighted by Crippen LogP contribution is 2.39. The normalized spacial score (nSPS) is 19.8. The molecule has 1 unspecified atom stereocenters. The molecule has 0 aliphatic carbocycles. The van der Waals surface area contributed by atoms with Crippen molar-refractivity contribution in [3.8, 4) is 17.5 Å². The van der Waals surface area contributed by atoms with Crippen LogP contribution in [0, 0.1) is 17.2 Å². The van der Waals surface area contributed by atoms with E-state index in [1.807, 2.05) is 17.0 Å². The number of benzene rings is 1. The van der Waals surface area contributed by atoms with Crippen LogP contribution in [0.15, 0.2) is 53.3 Å². The topological polar surface area (TPSA) is 105 Å². The lowest BCUT2D eigenvalue weighted by Crippen LogP contribution is -2.51. The van der Waals surface area contributed by atoms with Gasteiger partial charge in [-0.25, -0.2) is 0 Å². The predicted octanol–water partition coefficient (Wildman–Crippen LogP) is 3.65. The molecule has 8 nitrogen and oxygen atoms in total. The molecule has 0 saturated carbocycles. The minimum absolute atomic E-state index is 0.0249. The maximum absolute atomic E-state index is 12.9. The first-order chi connectivity index (χ1) is 16.1. The number of aromatic nitrogens is 3. The molecule has 1 amide bonds. The maximum Gasteiger partial charge on any atom is 0.253 e. The van der Waals surface area contributed by atoms with E-state index in [0.717, 1.165) is 37.7 Å². The minimum atomic E-state index is -0.208. The van der Waals surface area contributed by atoms with Gasteiger partial charge in [-0.15, -0.1) is 0 Å². The Morgan fingerprint density at radius 1 is 1.24 bits per heavy atom. The van der Waals surface area contributed by atoms with Crippen LogP contribution >= 0.6 is 0 Å². The van der Waals surface area contributed by atoms with Gasteiger partial charge in [-0.05, 0) is 61.9 Å². The number of nitrogens with zero attached hydrogens (tertiary/aromatic N) is 5. The molecule has 2 fully saturated rings. The summed E-state index contributed by atoms with van der Waals surface area (Å²) in [7, 11) is 0. The van der Waals surface area contributed by atoms with Crippen LogP contribution in [-0.2, 0) is 11.2 Å². The molecular formula is C25H25N5O3. The summed E-state index contributed by atoms with van der Waals surface area (Å²) in [5.41, 5.74) is 1.70. The number of ether oxygens (including phenoxy) is 1. The molecule has 2 aliphatic heterocycles. The SMILES string of the molecule is N#Cc1cccc(C(=O)N2CCC3(CC2)CC(Cc2nc(-c4cccnc4)no2)CCO3)c1. The third-order valence-electron chi connectivity index (χ3n) is 6.65. The van der Waals surface area contributed by atoms with Crippen LogP contribution in [0.5, 0.6) is 0 Å². The van der Waals surface area contributed by atoms with E-state index in [1.54, 1.807) is 36.7 Å². The number of nitriles is 1. The van der Waals surface area contributed by atoms with Crippen LogP contribution in [0.3, 0.4) is 0 Å². The maximum atomic E-state index is 12.9. The van der Waals surface area contributed by atoms with Gasteiger partial charge in [0.25, 0.3) is 5.91 Å². The Kier molecular flexibility index (Phi) is 5.88. The molecule has 2 aromatic heterocycles. The quantitative estimate of drug-likeness (QED) is 0.606. The molecular weight excluding hydrogens is 418 g/mol. The van der Waals surface area contributed by atoms with Gasteiger partial charge in [0.15, 0.2) is 0 Å². The van der Waals surface area contributed by atoms with Gasteiger partial charge >= 0.3 is 0 Å². The number of pyridine rings is 1. The van der Waals surface area contributed by atoms with Crippen LogP contribution in [-0.4, -0.2) is 51.2 Å². The lowest BCUT2D eigenvalue weighted by molar-refractivity contribution is -0.124. The van der Waals surface area contributed by atoms with E-state index in [1.165, 1.54) is 0 Å². The molecule has 4 heterocycles. The van der Waals surface area contributed by atoms with Crippen molar-refractivity contribution in [2.75, 3.05) is 19.7 Å². The summed E-state index contributed by atoms with van der Waals surface area (Å²) in [4.78, 5) is 23.4. The summed E-state index contributed by atoms with van der Waals surface area (Å²) < 4.78 is 11.8. The highest BCUT2D eigenvalue weighted by atomic mass is 16.5. The van der Waals surface area contributed by atoms with E-state index in [-0.39, 0.29) is 11.5 Å². The fraction of sp³-hybridized carbons (Fsp3) is 0.400. The van der Waals surface area contributed by atoms with Gasteiger partial charge in [-0.1, -0.05) is 11.2 Å². The third kappa shape index (κ3) is 4.64. The Hall–Kier alpha value is -3.57. The van der Waals surface area contributed by atoms with Crippen LogP contribution in [0.2, 0.25) is 0 Å². The molecule has 0 radical (unpaired) electrons. The van der Waals surface area contributed by atoms with E-state index in [4.69, 9.17) is 14.5 Å². The molecule has 2 saturated heterocycles. The van der Waals surface area contributed by atoms with Gasteiger partial charge in [0.05, 0.1) is 17.2 Å². The highest BCUT2D eigenvalue weighted by Gasteiger charge is 2.41. The van der Waals surface area contributed by atoms with Crippen molar-refractivity contribution in [2.45, 2.75) is 37.7 Å². The molecule has 33 heavy (non-hydrogen) atoms. The molecule has 2 aliphatic rings. The summed E-state index contributed by atoms with van der Waals surface area (Å²) >= 11 is 0. The third-order valence-corrected chi connectivity index (χ3v) is 6.65. The monoisotopic (exact) mass is 443 g/mol. The summed E-state index contributed by atoms with van der Waals surface area (Å²) in [6.07, 6.45) is 7.65. The summed E-state index contributed by atoms with van der Waals surface area (Å²) in [6.45, 7) is 1.99. The zero-order chi connectivity index (χ0) is 22.7. The molecule has 3 aromatic rings. The van der Waals surface area contributed by atoms with Gasteiger partial charge in [0.2, 0.25) is 11.7 Å². The van der Waals surface area contributed by atoms with Crippen LogP contribution in [0.1, 0.15) is 47.5 Å². The van der Waals surface area contributed by atoms with E-state index < -0.39 is 0 Å². The second-order valence-electron chi connectivity index (χ2n) is 8.83. The number of carbonyl (C=O) groups is 1. The first-order valence-electron chi connectivity index (χ1n) is 11.3. The highest BCUT2D eigenvalue weighted by molar-refractivity contribution is 5.94. The molecule has 0 N–H and O–H groups in total. The Morgan fingerprint density at radius 2 is 2.12 bits per heavy atom. The van der Waals surface area contributed by atoms with Gasteiger partial charge in [0, 0.05) is 49.6 Å². The number of hydrogen-bond donors (Lipinski definition) is 0. The van der Waals surface area contributed by atoms with Gasteiger partial charge in [-0.2, -0.15) is 10.2 Å². The van der Waals surface area contributed by atoms with E-state index in [0.29, 0.717) is 48.5 Å². The van der Waals surface area contributed by atoms with Gasteiger partial charge < -0.3 is 14.2 Å². The molecule has 1 atom stereocenters. The Morgan fingerprint density at radius 3 is 2.91 bits per heavy atom. The molecule has 1 spiro atoms. The van der Waals surface area contributed by atoms with Crippen molar-refractivity contribution in [1.82, 2.24) is 20.0 Å². The van der Waals surface area contributed by atoms with Crippen molar-refractivity contribution >= 4 is 5.91 Å². The zero-order valence-corrected chi connectivity index (χ0v) is 18.3. The Labute approximate surface area is 192 Å². The fourth-order valence-electron chi connectivity index (χ4n) is 4.87. The van der Waals surface area contributed by atoms with Gasteiger partial charge in [-0.3, -0.25) is 9.78 Å². The Balaban J connectivity index is 1.19. The lowest BCUT2D eigenvalue weighted by Gasteiger charge is -2.46. The largest absolute Gasteiger partial charge is 0.375 e. The molecule has 0 bridgehead atoms. The first-order valence-corrected chi connectivity index (χ1v) is 11.3. The summed E-state index contributed by atoms with van der Waals surface area (Å²) in [5.74, 6) is 1.58. The van der Waals surface area contributed by atoms with Crippen molar-refractivity contribution in [2.24, 2.45) is 5.92 Å². The standard InChI is InChI=1S/C25H25N5O3/c26-16-19-3-1-4-20(13-19)24(31)30-10-7-25(8-11-30)15-18(6-12-32-25)14-22-28-23(29-33-22)21-5-2-9-27-17-21/h1-5,9,13,17-18H,6-8,10-12,14-15H2. The average Bonchev–Trinajstić information content (AvgIpc) is 3.33. The molecule has 5 rings (SSSR count). The average molecular weight is 444 g/mol. The molecule has 1 aromatic carbocycles. The van der Waals surface area contributed by atoms with Crippen LogP contribution < -0.4 is 0 Å². The number of hydrogen-bond acceptors (Lipinski definition) is 7. The fourth-order valence-corrected chi connectivity index (χ4v) is 4.87.